The Morgan fingerprint density at radius 3 is 2.90 bits per heavy atom. The second-order valence-corrected chi connectivity index (χ2v) is 5.30. The number of hydrogen-bond acceptors (Lipinski definition) is 5. The number of nitrogens with two attached hydrogens (primary N) is 1. The summed E-state index contributed by atoms with van der Waals surface area (Å²) < 4.78 is 16.0. The fourth-order valence-electron chi connectivity index (χ4n) is 2.48. The molecule has 0 spiro atoms. The van der Waals surface area contributed by atoms with Crippen LogP contribution in [0.25, 0.3) is 0 Å². The molecule has 1 heterocycles. The van der Waals surface area contributed by atoms with Crippen LogP contribution in [0.5, 0.6) is 5.75 Å². The average Bonchev–Trinajstić information content (AvgIpc) is 2.51. The smallest absolute Gasteiger partial charge is 0.121 e. The number of ether oxygens (including phenoxy) is 3. The molecule has 0 saturated carbocycles. The van der Waals surface area contributed by atoms with Crippen molar-refractivity contribution >= 4 is 5.69 Å². The van der Waals surface area contributed by atoms with Gasteiger partial charge in [-0.3, -0.25) is 0 Å². The third kappa shape index (κ3) is 5.53. The van der Waals surface area contributed by atoms with Crippen LogP contribution in [0, 0.1) is 0 Å². The summed E-state index contributed by atoms with van der Waals surface area (Å²) in [5.41, 5.74) is 7.22. The van der Waals surface area contributed by atoms with Crippen molar-refractivity contribution in [2.75, 3.05) is 51.5 Å². The lowest BCUT2D eigenvalue weighted by Gasteiger charge is -2.32. The van der Waals surface area contributed by atoms with Crippen LogP contribution in [0.4, 0.5) is 5.69 Å². The summed E-state index contributed by atoms with van der Waals surface area (Å²) in [7, 11) is 1.66. The first-order chi connectivity index (χ1) is 10.3. The fraction of sp³-hybridized carbons (Fsp3) is 0.625. The molecule has 118 valence electrons. The molecule has 1 aromatic rings. The van der Waals surface area contributed by atoms with Crippen LogP contribution in [0.3, 0.4) is 0 Å². The molecule has 1 fully saturated rings. The van der Waals surface area contributed by atoms with Gasteiger partial charge in [-0.05, 0) is 25.0 Å². The van der Waals surface area contributed by atoms with E-state index in [4.69, 9.17) is 19.9 Å². The minimum atomic E-state index is 0.275. The summed E-state index contributed by atoms with van der Waals surface area (Å²) in [6.45, 7) is 4.33. The van der Waals surface area contributed by atoms with Crippen LogP contribution >= 0.6 is 0 Å². The van der Waals surface area contributed by atoms with E-state index in [0.717, 1.165) is 31.7 Å². The minimum absolute atomic E-state index is 0.275. The highest BCUT2D eigenvalue weighted by atomic mass is 16.5. The molecule has 0 aromatic heterocycles. The number of rotatable bonds is 8. The minimum Gasteiger partial charge on any atom is -0.491 e. The predicted octanol–water partition coefficient (Wildman–Crippen LogP) is 1.66. The normalized spacial score (nSPS) is 18.8. The van der Waals surface area contributed by atoms with Crippen molar-refractivity contribution in [2.24, 2.45) is 5.73 Å². The third-order valence-corrected chi connectivity index (χ3v) is 3.57. The molecular formula is C16H26N2O3. The highest BCUT2D eigenvalue weighted by Gasteiger charge is 2.17. The standard InChI is InChI=1S/C16H26N2O3/c1-19-8-9-20-10-11-21-16-6-2-5-15(12-16)18-7-3-4-14(17)13-18/h2,5-6,12,14H,3-4,7-11,13,17H2,1H3. The van der Waals surface area contributed by atoms with Gasteiger partial charge in [0.05, 0.1) is 19.8 Å². The van der Waals surface area contributed by atoms with E-state index in [1.54, 1.807) is 7.11 Å². The van der Waals surface area contributed by atoms with E-state index in [9.17, 15) is 0 Å². The zero-order chi connectivity index (χ0) is 14.9. The molecule has 1 aliphatic rings. The van der Waals surface area contributed by atoms with Gasteiger partial charge in [0.1, 0.15) is 12.4 Å². The largest absolute Gasteiger partial charge is 0.491 e. The molecule has 1 saturated heterocycles. The van der Waals surface area contributed by atoms with Gasteiger partial charge in [0.2, 0.25) is 0 Å². The lowest BCUT2D eigenvalue weighted by molar-refractivity contribution is 0.0544. The van der Waals surface area contributed by atoms with Crippen molar-refractivity contribution in [3.05, 3.63) is 24.3 Å². The van der Waals surface area contributed by atoms with E-state index < -0.39 is 0 Å². The van der Waals surface area contributed by atoms with Crippen LogP contribution in [0.1, 0.15) is 12.8 Å². The Kier molecular flexibility index (Phi) is 6.79. The monoisotopic (exact) mass is 294 g/mol. The van der Waals surface area contributed by atoms with E-state index in [0.29, 0.717) is 26.4 Å². The molecule has 1 unspecified atom stereocenters. The number of piperidine rings is 1. The summed E-state index contributed by atoms with van der Waals surface area (Å²) in [4.78, 5) is 2.33. The lowest BCUT2D eigenvalue weighted by atomic mass is 10.1. The molecule has 2 N–H and O–H groups in total. The van der Waals surface area contributed by atoms with Crippen LogP contribution in [-0.2, 0) is 9.47 Å². The SMILES string of the molecule is COCCOCCOc1cccc(N2CCCC(N)C2)c1. The molecule has 5 nitrogen and oxygen atoms in total. The second kappa shape index (κ2) is 8.87. The molecule has 1 atom stereocenters. The fourth-order valence-corrected chi connectivity index (χ4v) is 2.48. The van der Waals surface area contributed by atoms with Crippen molar-refractivity contribution < 1.29 is 14.2 Å². The number of nitrogens with zero attached hydrogens (tertiary/aromatic N) is 1. The third-order valence-electron chi connectivity index (χ3n) is 3.57. The van der Waals surface area contributed by atoms with Gasteiger partial charge in [-0.2, -0.15) is 0 Å². The van der Waals surface area contributed by atoms with E-state index in [1.165, 1.54) is 5.69 Å². The van der Waals surface area contributed by atoms with Crippen LogP contribution in [0.15, 0.2) is 24.3 Å². The first kappa shape index (κ1) is 16.1. The number of hydrogen-bond donors (Lipinski definition) is 1. The summed E-state index contributed by atoms with van der Waals surface area (Å²) in [6, 6.07) is 8.46. The summed E-state index contributed by atoms with van der Waals surface area (Å²) in [6.07, 6.45) is 2.27. The molecule has 0 radical (unpaired) electrons. The first-order valence-corrected chi connectivity index (χ1v) is 7.59. The van der Waals surface area contributed by atoms with E-state index in [2.05, 4.69) is 17.0 Å². The Hall–Kier alpha value is -1.30. The van der Waals surface area contributed by atoms with Gasteiger partial charge in [0, 0.05) is 38.0 Å². The van der Waals surface area contributed by atoms with Crippen LogP contribution < -0.4 is 15.4 Å². The molecule has 1 aromatic carbocycles. The topological polar surface area (TPSA) is 57.0 Å². The van der Waals surface area contributed by atoms with Crippen molar-refractivity contribution in [1.82, 2.24) is 0 Å². The van der Waals surface area contributed by atoms with Crippen LogP contribution in [0.2, 0.25) is 0 Å². The molecule has 2 rings (SSSR count). The lowest BCUT2D eigenvalue weighted by Crippen LogP contribution is -2.42. The molecule has 0 bridgehead atoms. The number of benzene rings is 1. The van der Waals surface area contributed by atoms with E-state index >= 15 is 0 Å². The molecule has 0 amide bonds. The molecule has 1 aliphatic heterocycles. The Bertz CT molecular complexity index is 414. The average molecular weight is 294 g/mol. The zero-order valence-corrected chi connectivity index (χ0v) is 12.8. The van der Waals surface area contributed by atoms with Gasteiger partial charge in [-0.15, -0.1) is 0 Å². The van der Waals surface area contributed by atoms with E-state index in [-0.39, 0.29) is 6.04 Å². The van der Waals surface area contributed by atoms with E-state index in [1.807, 2.05) is 12.1 Å². The van der Waals surface area contributed by atoms with Crippen molar-refractivity contribution in [2.45, 2.75) is 18.9 Å². The van der Waals surface area contributed by atoms with Crippen molar-refractivity contribution in [3.63, 3.8) is 0 Å². The van der Waals surface area contributed by atoms with Crippen LogP contribution in [-0.4, -0.2) is 52.7 Å². The number of anilines is 1. The molecule has 5 heteroatoms. The summed E-state index contributed by atoms with van der Waals surface area (Å²) in [5, 5.41) is 0. The predicted molar refractivity (Wildman–Crippen MR) is 84.1 cm³/mol. The van der Waals surface area contributed by atoms with Gasteiger partial charge in [0.15, 0.2) is 0 Å². The van der Waals surface area contributed by atoms with Crippen molar-refractivity contribution in [3.8, 4) is 5.75 Å². The Morgan fingerprint density at radius 1 is 1.24 bits per heavy atom. The van der Waals surface area contributed by atoms with Gasteiger partial charge in [-0.25, -0.2) is 0 Å². The van der Waals surface area contributed by atoms with Gasteiger partial charge in [-0.1, -0.05) is 6.07 Å². The second-order valence-electron chi connectivity index (χ2n) is 5.30. The zero-order valence-electron chi connectivity index (χ0n) is 12.8. The Labute approximate surface area is 127 Å². The summed E-state index contributed by atoms with van der Waals surface area (Å²) in [5.74, 6) is 0.877. The maximum atomic E-state index is 6.04. The highest BCUT2D eigenvalue weighted by Crippen LogP contribution is 2.23. The molecule has 0 aliphatic carbocycles. The molecule has 21 heavy (non-hydrogen) atoms. The van der Waals surface area contributed by atoms with Gasteiger partial charge in [0.25, 0.3) is 0 Å². The Morgan fingerprint density at radius 2 is 2.10 bits per heavy atom. The Balaban J connectivity index is 1.78. The van der Waals surface area contributed by atoms with Crippen molar-refractivity contribution in [1.29, 1.82) is 0 Å². The summed E-state index contributed by atoms with van der Waals surface area (Å²) >= 11 is 0. The quantitative estimate of drug-likeness (QED) is 0.739. The molecular weight excluding hydrogens is 268 g/mol. The first-order valence-electron chi connectivity index (χ1n) is 7.59. The number of methoxy groups -OCH3 is 1. The van der Waals surface area contributed by atoms with Gasteiger partial charge >= 0.3 is 0 Å². The maximum Gasteiger partial charge on any atom is 0.121 e. The highest BCUT2D eigenvalue weighted by molar-refractivity contribution is 5.51. The maximum absolute atomic E-state index is 6.04. The van der Waals surface area contributed by atoms with Gasteiger partial charge < -0.3 is 24.8 Å².